The highest BCUT2D eigenvalue weighted by atomic mass is 79.9. The van der Waals surface area contributed by atoms with Crippen LogP contribution in [-0.4, -0.2) is 21.2 Å². The van der Waals surface area contributed by atoms with Gasteiger partial charge in [0.25, 0.3) is 17.4 Å². The Morgan fingerprint density at radius 2 is 1.62 bits per heavy atom. The minimum absolute atomic E-state index is 0.175. The van der Waals surface area contributed by atoms with Gasteiger partial charge in [-0.1, -0.05) is 18.2 Å². The Labute approximate surface area is 144 Å². The molecule has 3 aromatic rings. The summed E-state index contributed by atoms with van der Waals surface area (Å²) in [4.78, 5) is 40.5. The number of carbonyl (C=O) groups excluding carboxylic acids is 2. The van der Waals surface area contributed by atoms with Crippen LogP contribution in [0.1, 0.15) is 20.7 Å². The van der Waals surface area contributed by atoms with Crippen LogP contribution in [0.5, 0.6) is 0 Å². The number of hydrazine groups is 1. The number of nitrogens with one attached hydrogen (secondary N) is 2. The van der Waals surface area contributed by atoms with Gasteiger partial charge in [-0.2, -0.15) is 0 Å². The second-order valence-corrected chi connectivity index (χ2v) is 5.65. The van der Waals surface area contributed by atoms with Crippen LogP contribution in [0, 0.1) is 0 Å². The maximum absolute atomic E-state index is 12.3. The Balaban J connectivity index is 1.79. The molecule has 120 valence electrons. The zero-order valence-corrected chi connectivity index (χ0v) is 13.8. The molecule has 8 heteroatoms. The molecule has 0 atom stereocenters. The molecular weight excluding hydrogens is 376 g/mol. The molecule has 0 saturated heterocycles. The first-order chi connectivity index (χ1) is 11.6. The Bertz CT molecular complexity index is 1000. The summed E-state index contributed by atoms with van der Waals surface area (Å²) in [7, 11) is 0. The van der Waals surface area contributed by atoms with E-state index in [0.29, 0.717) is 15.7 Å². The summed E-state index contributed by atoms with van der Waals surface area (Å²) in [5.41, 5.74) is 4.57. The van der Waals surface area contributed by atoms with Crippen molar-refractivity contribution in [3.8, 4) is 0 Å². The Hall–Kier alpha value is -3.00. The average Bonchev–Trinajstić information content (AvgIpc) is 2.60. The van der Waals surface area contributed by atoms with Crippen molar-refractivity contribution < 1.29 is 9.59 Å². The van der Waals surface area contributed by atoms with Crippen LogP contribution in [0.15, 0.2) is 64.1 Å². The lowest BCUT2D eigenvalue weighted by molar-refractivity contribution is 0.0845. The third-order valence-electron chi connectivity index (χ3n) is 3.27. The summed E-state index contributed by atoms with van der Waals surface area (Å²) in [6, 6.07) is 11.8. The zero-order chi connectivity index (χ0) is 17.1. The number of carbonyl (C=O) groups is 2. The van der Waals surface area contributed by atoms with Gasteiger partial charge >= 0.3 is 0 Å². The second-order valence-electron chi connectivity index (χ2n) is 4.79. The number of halogens is 1. The van der Waals surface area contributed by atoms with Gasteiger partial charge in [-0.05, 0) is 40.2 Å². The second kappa shape index (κ2) is 6.63. The quantitative estimate of drug-likeness (QED) is 0.653. The molecule has 0 aliphatic heterocycles. The van der Waals surface area contributed by atoms with Crippen molar-refractivity contribution in [1.82, 2.24) is 20.2 Å². The zero-order valence-electron chi connectivity index (χ0n) is 12.2. The van der Waals surface area contributed by atoms with Gasteiger partial charge in [0.2, 0.25) is 0 Å². The number of hydrogen-bond donors (Lipinski definition) is 2. The standard InChI is InChI=1S/C16H11BrN4O3/c17-12-6-2-1-5-10(12)14(22)19-20-15(23)11-9-18-13-7-3-4-8-21(13)16(11)24/h1-9H,(H,19,22)(H,20,23). The topological polar surface area (TPSA) is 92.6 Å². The molecule has 0 aliphatic rings. The van der Waals surface area contributed by atoms with E-state index in [1.165, 1.54) is 16.8 Å². The van der Waals surface area contributed by atoms with Crippen molar-refractivity contribution in [2.75, 3.05) is 0 Å². The van der Waals surface area contributed by atoms with Gasteiger partial charge in [-0.25, -0.2) is 4.98 Å². The lowest BCUT2D eigenvalue weighted by Crippen LogP contribution is -2.43. The molecule has 0 aliphatic carbocycles. The fourth-order valence-electron chi connectivity index (χ4n) is 2.08. The summed E-state index contributed by atoms with van der Waals surface area (Å²) in [5, 5.41) is 0. The number of aromatic nitrogens is 2. The first-order valence-electron chi connectivity index (χ1n) is 6.89. The van der Waals surface area contributed by atoms with Crippen LogP contribution in [0.25, 0.3) is 5.65 Å². The molecule has 24 heavy (non-hydrogen) atoms. The molecule has 1 aromatic carbocycles. The van der Waals surface area contributed by atoms with Crippen LogP contribution >= 0.6 is 15.9 Å². The molecule has 0 radical (unpaired) electrons. The van der Waals surface area contributed by atoms with Crippen molar-refractivity contribution in [2.24, 2.45) is 0 Å². The summed E-state index contributed by atoms with van der Waals surface area (Å²) in [5.74, 6) is -1.25. The molecule has 0 unspecified atom stereocenters. The van der Waals surface area contributed by atoms with Crippen molar-refractivity contribution in [3.05, 3.63) is 80.8 Å². The number of rotatable bonds is 2. The van der Waals surface area contributed by atoms with Crippen molar-refractivity contribution in [2.45, 2.75) is 0 Å². The van der Waals surface area contributed by atoms with Gasteiger partial charge in [0.15, 0.2) is 0 Å². The third-order valence-corrected chi connectivity index (χ3v) is 3.96. The van der Waals surface area contributed by atoms with Gasteiger partial charge in [0, 0.05) is 16.9 Å². The minimum Gasteiger partial charge on any atom is -0.268 e. The van der Waals surface area contributed by atoms with E-state index in [0.717, 1.165) is 0 Å². The van der Waals surface area contributed by atoms with Crippen LogP contribution in [0.4, 0.5) is 0 Å². The lowest BCUT2D eigenvalue weighted by atomic mass is 10.2. The van der Waals surface area contributed by atoms with Crippen LogP contribution in [-0.2, 0) is 0 Å². The monoisotopic (exact) mass is 386 g/mol. The Kier molecular flexibility index (Phi) is 4.39. The smallest absolute Gasteiger partial charge is 0.268 e. The molecule has 0 bridgehead atoms. The highest BCUT2D eigenvalue weighted by molar-refractivity contribution is 9.10. The normalized spacial score (nSPS) is 10.4. The van der Waals surface area contributed by atoms with E-state index in [4.69, 9.17) is 0 Å². The minimum atomic E-state index is -0.744. The molecule has 2 aromatic heterocycles. The number of amides is 2. The summed E-state index contributed by atoms with van der Waals surface area (Å²) in [6.07, 6.45) is 2.69. The fraction of sp³-hybridized carbons (Fsp3) is 0. The largest absolute Gasteiger partial charge is 0.276 e. The molecule has 0 fully saturated rings. The fourth-order valence-corrected chi connectivity index (χ4v) is 2.54. The molecule has 2 amide bonds. The number of benzene rings is 1. The van der Waals surface area contributed by atoms with Crippen molar-refractivity contribution in [3.63, 3.8) is 0 Å². The van der Waals surface area contributed by atoms with Crippen molar-refractivity contribution >= 4 is 33.4 Å². The lowest BCUT2D eigenvalue weighted by Gasteiger charge is -2.08. The summed E-state index contributed by atoms with van der Waals surface area (Å²) in [6.45, 7) is 0. The van der Waals surface area contributed by atoms with E-state index >= 15 is 0 Å². The maximum atomic E-state index is 12.3. The number of pyridine rings is 1. The predicted molar refractivity (Wildman–Crippen MR) is 90.5 cm³/mol. The van der Waals surface area contributed by atoms with Crippen LogP contribution in [0.2, 0.25) is 0 Å². The SMILES string of the molecule is O=C(NNC(=O)c1cnc2ccccn2c1=O)c1ccccc1Br. The molecule has 2 heterocycles. The highest BCUT2D eigenvalue weighted by Crippen LogP contribution is 2.15. The third kappa shape index (κ3) is 3.04. The first kappa shape index (κ1) is 15.9. The molecular formula is C16H11BrN4O3. The van der Waals surface area contributed by atoms with Gasteiger partial charge in [0.1, 0.15) is 11.2 Å². The molecule has 7 nitrogen and oxygen atoms in total. The summed E-state index contributed by atoms with van der Waals surface area (Å²) < 4.78 is 1.84. The number of fused-ring (bicyclic) bond motifs is 1. The number of nitrogens with zero attached hydrogens (tertiary/aromatic N) is 2. The molecule has 0 spiro atoms. The summed E-state index contributed by atoms with van der Waals surface area (Å²) >= 11 is 3.25. The van der Waals surface area contributed by atoms with E-state index in [9.17, 15) is 14.4 Å². The van der Waals surface area contributed by atoms with Gasteiger partial charge < -0.3 is 0 Å². The molecule has 3 rings (SSSR count). The highest BCUT2D eigenvalue weighted by Gasteiger charge is 2.15. The van der Waals surface area contributed by atoms with E-state index in [1.54, 1.807) is 42.5 Å². The van der Waals surface area contributed by atoms with E-state index in [2.05, 4.69) is 31.8 Å². The van der Waals surface area contributed by atoms with E-state index < -0.39 is 17.4 Å². The molecule has 2 N–H and O–H groups in total. The van der Waals surface area contributed by atoms with E-state index in [1.807, 2.05) is 0 Å². The van der Waals surface area contributed by atoms with E-state index in [-0.39, 0.29) is 5.56 Å². The Morgan fingerprint density at radius 3 is 2.38 bits per heavy atom. The van der Waals surface area contributed by atoms with Crippen LogP contribution in [0.3, 0.4) is 0 Å². The van der Waals surface area contributed by atoms with Crippen molar-refractivity contribution in [1.29, 1.82) is 0 Å². The Morgan fingerprint density at radius 1 is 0.958 bits per heavy atom. The van der Waals surface area contributed by atoms with Gasteiger partial charge in [-0.15, -0.1) is 0 Å². The van der Waals surface area contributed by atoms with Gasteiger partial charge in [0.05, 0.1) is 5.56 Å². The predicted octanol–water partition coefficient (Wildman–Crippen LogP) is 1.53. The van der Waals surface area contributed by atoms with Crippen LogP contribution < -0.4 is 16.4 Å². The molecule has 0 saturated carbocycles. The number of hydrogen-bond acceptors (Lipinski definition) is 4. The first-order valence-corrected chi connectivity index (χ1v) is 7.69. The maximum Gasteiger partial charge on any atom is 0.276 e. The van der Waals surface area contributed by atoms with Gasteiger partial charge in [-0.3, -0.25) is 29.6 Å². The average molecular weight is 387 g/mol.